The van der Waals surface area contributed by atoms with Crippen molar-refractivity contribution in [2.24, 2.45) is 0 Å². The lowest BCUT2D eigenvalue weighted by Gasteiger charge is -2.20. The van der Waals surface area contributed by atoms with Gasteiger partial charge in [0.15, 0.2) is 0 Å². The lowest BCUT2D eigenvalue weighted by molar-refractivity contribution is -0.121. The molecule has 4 rings (SSSR count). The van der Waals surface area contributed by atoms with Crippen LogP contribution in [0.1, 0.15) is 53.0 Å². The van der Waals surface area contributed by atoms with Crippen LogP contribution in [0.4, 0.5) is 0 Å². The largest absolute Gasteiger partial charge is 0.493 e. The number of nitrogens with zero attached hydrogens (tertiary/aromatic N) is 2. The average Bonchev–Trinajstić information content (AvgIpc) is 3.01. The Balaban J connectivity index is 1.42. The van der Waals surface area contributed by atoms with Gasteiger partial charge in [-0.2, -0.15) is 5.10 Å². The number of hydrogen-bond acceptors (Lipinski definition) is 3. The molecule has 5 nitrogen and oxygen atoms in total. The minimum Gasteiger partial charge on any atom is -0.493 e. The summed E-state index contributed by atoms with van der Waals surface area (Å²) in [5.41, 5.74) is 6.51. The normalized spacial score (nSPS) is 14.0. The number of hydrogen-bond donors (Lipinski definition) is 1. The first kappa shape index (κ1) is 20.2. The van der Waals surface area contributed by atoms with E-state index in [2.05, 4.69) is 28.6 Å². The fourth-order valence-corrected chi connectivity index (χ4v) is 4.09. The van der Waals surface area contributed by atoms with Crippen LogP contribution in [0.3, 0.4) is 0 Å². The van der Waals surface area contributed by atoms with Crippen molar-refractivity contribution in [3.05, 3.63) is 82.2 Å². The van der Waals surface area contributed by atoms with E-state index in [0.717, 1.165) is 47.7 Å². The van der Waals surface area contributed by atoms with E-state index >= 15 is 0 Å². The van der Waals surface area contributed by atoms with Gasteiger partial charge in [-0.1, -0.05) is 42.5 Å². The van der Waals surface area contributed by atoms with Crippen molar-refractivity contribution >= 4 is 5.91 Å². The lowest BCUT2D eigenvalue weighted by atomic mass is 10.00. The van der Waals surface area contributed by atoms with Gasteiger partial charge >= 0.3 is 0 Å². The molecular formula is C25H29N3O2. The molecule has 5 heteroatoms. The molecule has 1 atom stereocenters. The standard InChI is InChI=1S/C25H29N3O2/c1-17(21-11-12-24-22(14-21)10-7-13-30-24)26-25(29)15-23-18(2)27-28(19(23)3)16-20-8-5-4-6-9-20/h4-6,8-9,11-12,14,17H,7,10,13,15-16H2,1-3H3,(H,26,29)/t17-/m1/s1. The van der Waals surface area contributed by atoms with E-state index in [1.54, 1.807) is 0 Å². The number of fused-ring (bicyclic) bond motifs is 1. The zero-order chi connectivity index (χ0) is 21.1. The minimum absolute atomic E-state index is 0.0157. The first-order chi connectivity index (χ1) is 14.5. The molecule has 0 fully saturated rings. The van der Waals surface area contributed by atoms with Gasteiger partial charge in [-0.25, -0.2) is 0 Å². The number of nitrogens with one attached hydrogen (secondary N) is 1. The van der Waals surface area contributed by atoms with Crippen LogP contribution in [0.2, 0.25) is 0 Å². The molecule has 1 aliphatic heterocycles. The first-order valence-electron chi connectivity index (χ1n) is 10.6. The highest BCUT2D eigenvalue weighted by atomic mass is 16.5. The van der Waals surface area contributed by atoms with E-state index < -0.39 is 0 Å². The Kier molecular flexibility index (Phi) is 5.88. The van der Waals surface area contributed by atoms with Crippen molar-refractivity contribution in [2.45, 2.75) is 52.6 Å². The molecule has 0 saturated carbocycles. The van der Waals surface area contributed by atoms with Crippen LogP contribution in [0.5, 0.6) is 5.75 Å². The quantitative estimate of drug-likeness (QED) is 0.668. The number of aromatic nitrogens is 2. The van der Waals surface area contributed by atoms with Gasteiger partial charge in [-0.3, -0.25) is 9.48 Å². The smallest absolute Gasteiger partial charge is 0.225 e. The van der Waals surface area contributed by atoms with Crippen LogP contribution >= 0.6 is 0 Å². The van der Waals surface area contributed by atoms with E-state index in [1.165, 1.54) is 11.1 Å². The summed E-state index contributed by atoms with van der Waals surface area (Å²) in [6.07, 6.45) is 2.41. The summed E-state index contributed by atoms with van der Waals surface area (Å²) in [7, 11) is 0. The molecule has 0 unspecified atom stereocenters. The van der Waals surface area contributed by atoms with Crippen LogP contribution in [0, 0.1) is 13.8 Å². The molecule has 156 valence electrons. The number of ether oxygens (including phenoxy) is 1. The molecule has 1 N–H and O–H groups in total. The Morgan fingerprint density at radius 2 is 2.00 bits per heavy atom. The molecule has 2 aromatic carbocycles. The number of rotatable bonds is 6. The van der Waals surface area contributed by atoms with E-state index in [-0.39, 0.29) is 11.9 Å². The number of carbonyl (C=O) groups excluding carboxylic acids is 1. The summed E-state index contributed by atoms with van der Waals surface area (Å²) in [4.78, 5) is 12.8. The Morgan fingerprint density at radius 1 is 1.20 bits per heavy atom. The molecule has 0 aliphatic carbocycles. The van der Waals surface area contributed by atoms with Crippen molar-refractivity contribution < 1.29 is 9.53 Å². The highest BCUT2D eigenvalue weighted by molar-refractivity contribution is 5.79. The summed E-state index contributed by atoms with van der Waals surface area (Å²) in [5, 5.41) is 7.81. The van der Waals surface area contributed by atoms with Crippen LogP contribution in [-0.2, 0) is 24.2 Å². The van der Waals surface area contributed by atoms with E-state index in [0.29, 0.717) is 13.0 Å². The lowest BCUT2D eigenvalue weighted by Crippen LogP contribution is -2.28. The van der Waals surface area contributed by atoms with Gasteiger partial charge in [0.25, 0.3) is 0 Å². The van der Waals surface area contributed by atoms with E-state index in [1.807, 2.05) is 55.8 Å². The Hall–Kier alpha value is -3.08. The predicted molar refractivity (Wildman–Crippen MR) is 118 cm³/mol. The van der Waals surface area contributed by atoms with Gasteiger partial charge in [-0.15, -0.1) is 0 Å². The molecule has 1 aromatic heterocycles. The van der Waals surface area contributed by atoms with E-state index in [4.69, 9.17) is 4.74 Å². The van der Waals surface area contributed by atoms with Crippen molar-refractivity contribution in [1.29, 1.82) is 0 Å². The fraction of sp³-hybridized carbons (Fsp3) is 0.360. The highest BCUT2D eigenvalue weighted by Gasteiger charge is 2.18. The average molecular weight is 404 g/mol. The van der Waals surface area contributed by atoms with Crippen molar-refractivity contribution in [2.75, 3.05) is 6.61 Å². The number of aryl methyl sites for hydroxylation is 2. The topological polar surface area (TPSA) is 56.2 Å². The van der Waals surface area contributed by atoms with Crippen molar-refractivity contribution in [3.63, 3.8) is 0 Å². The molecule has 1 aliphatic rings. The summed E-state index contributed by atoms with van der Waals surface area (Å²) in [5.74, 6) is 0.988. The fourth-order valence-electron chi connectivity index (χ4n) is 4.09. The molecular weight excluding hydrogens is 374 g/mol. The zero-order valence-electron chi connectivity index (χ0n) is 17.9. The third kappa shape index (κ3) is 4.40. The van der Waals surface area contributed by atoms with Crippen LogP contribution < -0.4 is 10.1 Å². The van der Waals surface area contributed by atoms with Crippen molar-refractivity contribution in [1.82, 2.24) is 15.1 Å². The highest BCUT2D eigenvalue weighted by Crippen LogP contribution is 2.28. The second-order valence-corrected chi connectivity index (χ2v) is 8.08. The molecule has 1 amide bonds. The third-order valence-corrected chi connectivity index (χ3v) is 5.85. The third-order valence-electron chi connectivity index (χ3n) is 5.85. The van der Waals surface area contributed by atoms with E-state index in [9.17, 15) is 4.79 Å². The van der Waals surface area contributed by atoms with Gasteiger partial charge in [0.05, 0.1) is 31.3 Å². The molecule has 30 heavy (non-hydrogen) atoms. The number of carbonyl (C=O) groups is 1. The maximum absolute atomic E-state index is 12.8. The summed E-state index contributed by atoms with van der Waals surface area (Å²) >= 11 is 0. The molecule has 0 bridgehead atoms. The molecule has 3 aromatic rings. The second-order valence-electron chi connectivity index (χ2n) is 8.08. The zero-order valence-corrected chi connectivity index (χ0v) is 17.9. The Bertz CT molecular complexity index is 1040. The SMILES string of the molecule is Cc1nn(Cc2ccccc2)c(C)c1CC(=O)N[C@H](C)c1ccc2c(c1)CCCO2. The Morgan fingerprint density at radius 3 is 2.80 bits per heavy atom. The molecule has 0 saturated heterocycles. The summed E-state index contributed by atoms with van der Waals surface area (Å²) in [6, 6.07) is 16.4. The number of amides is 1. The molecule has 0 spiro atoms. The molecule has 2 heterocycles. The molecule has 0 radical (unpaired) electrons. The first-order valence-corrected chi connectivity index (χ1v) is 10.6. The summed E-state index contributed by atoms with van der Waals surface area (Å²) < 4.78 is 7.68. The predicted octanol–water partition coefficient (Wildman–Crippen LogP) is 4.29. The van der Waals surface area contributed by atoms with Crippen LogP contribution in [-0.4, -0.2) is 22.3 Å². The maximum Gasteiger partial charge on any atom is 0.225 e. The van der Waals surface area contributed by atoms with Gasteiger partial charge in [0, 0.05) is 11.3 Å². The van der Waals surface area contributed by atoms with Gasteiger partial charge in [-0.05, 0) is 56.4 Å². The van der Waals surface area contributed by atoms with Gasteiger partial charge < -0.3 is 10.1 Å². The summed E-state index contributed by atoms with van der Waals surface area (Å²) in [6.45, 7) is 7.54. The second kappa shape index (κ2) is 8.74. The van der Waals surface area contributed by atoms with Crippen LogP contribution in [0.25, 0.3) is 0 Å². The maximum atomic E-state index is 12.8. The minimum atomic E-state index is -0.0512. The van der Waals surface area contributed by atoms with Crippen LogP contribution in [0.15, 0.2) is 48.5 Å². The van der Waals surface area contributed by atoms with Gasteiger partial charge in [0.2, 0.25) is 5.91 Å². The van der Waals surface area contributed by atoms with Gasteiger partial charge in [0.1, 0.15) is 5.75 Å². The Labute approximate surface area is 178 Å². The number of benzene rings is 2. The van der Waals surface area contributed by atoms with Crippen molar-refractivity contribution in [3.8, 4) is 5.75 Å². The monoisotopic (exact) mass is 403 g/mol.